The predicted octanol–water partition coefficient (Wildman–Crippen LogP) is 1.80. The largest absolute Gasteiger partial charge is 0.478 e. The summed E-state index contributed by atoms with van der Waals surface area (Å²) in [6.45, 7) is 6.95. The van der Waals surface area contributed by atoms with E-state index in [2.05, 4.69) is 11.3 Å². The lowest BCUT2D eigenvalue weighted by Gasteiger charge is -2.12. The van der Waals surface area contributed by atoms with E-state index in [1.165, 1.54) is 24.3 Å². The van der Waals surface area contributed by atoms with Crippen LogP contribution in [0.5, 0.6) is 0 Å². The molecular formula is C13H17NO4S. The fourth-order valence-corrected chi connectivity index (χ4v) is 2.83. The number of hydrogen-bond acceptors (Lipinski definition) is 3. The zero-order valence-electron chi connectivity index (χ0n) is 10.9. The van der Waals surface area contributed by atoms with Crippen LogP contribution in [-0.4, -0.2) is 25.5 Å². The van der Waals surface area contributed by atoms with E-state index in [1.807, 2.05) is 6.92 Å². The molecule has 0 amide bonds. The summed E-state index contributed by atoms with van der Waals surface area (Å²) in [6.07, 6.45) is 1.98. The van der Waals surface area contributed by atoms with Gasteiger partial charge in [0.25, 0.3) is 0 Å². The summed E-state index contributed by atoms with van der Waals surface area (Å²) in [5.41, 5.74) is 0.611. The van der Waals surface area contributed by atoms with Crippen molar-refractivity contribution in [2.24, 2.45) is 0 Å². The Labute approximate surface area is 113 Å². The van der Waals surface area contributed by atoms with Crippen molar-refractivity contribution >= 4 is 16.0 Å². The standard InChI is InChI=1S/C13H17NO4S/c1-4-9(3)14-19(17,18)11-7-6-10(5-2)12(8-11)13(15)16/h4,6-9,14H,1,5H2,2-3H3,(H,15,16). The summed E-state index contributed by atoms with van der Waals surface area (Å²) in [5.74, 6) is -1.13. The van der Waals surface area contributed by atoms with E-state index in [9.17, 15) is 13.2 Å². The number of sulfonamides is 1. The number of aromatic carboxylic acids is 1. The van der Waals surface area contributed by atoms with E-state index < -0.39 is 22.0 Å². The van der Waals surface area contributed by atoms with Gasteiger partial charge < -0.3 is 5.11 Å². The Balaban J connectivity index is 3.25. The first-order chi connectivity index (χ1) is 8.81. The third kappa shape index (κ3) is 3.65. The topological polar surface area (TPSA) is 83.5 Å². The van der Waals surface area contributed by atoms with Gasteiger partial charge in [-0.05, 0) is 31.0 Å². The van der Waals surface area contributed by atoms with Crippen LogP contribution in [-0.2, 0) is 16.4 Å². The first-order valence-electron chi connectivity index (χ1n) is 5.83. The van der Waals surface area contributed by atoms with Gasteiger partial charge in [-0.25, -0.2) is 17.9 Å². The molecular weight excluding hydrogens is 266 g/mol. The van der Waals surface area contributed by atoms with Gasteiger partial charge in [0.15, 0.2) is 0 Å². The molecule has 1 aromatic carbocycles. The highest BCUT2D eigenvalue weighted by molar-refractivity contribution is 7.89. The van der Waals surface area contributed by atoms with Gasteiger partial charge in [-0.3, -0.25) is 0 Å². The fourth-order valence-electron chi connectivity index (χ4n) is 1.59. The summed E-state index contributed by atoms with van der Waals surface area (Å²) in [6, 6.07) is 3.68. The number of carbonyl (C=O) groups is 1. The summed E-state index contributed by atoms with van der Waals surface area (Å²) in [5, 5.41) is 9.08. The van der Waals surface area contributed by atoms with Crippen molar-refractivity contribution in [3.63, 3.8) is 0 Å². The lowest BCUT2D eigenvalue weighted by atomic mass is 10.1. The molecule has 1 unspecified atom stereocenters. The molecule has 0 saturated heterocycles. The van der Waals surface area contributed by atoms with Gasteiger partial charge in [-0.15, -0.1) is 6.58 Å². The van der Waals surface area contributed by atoms with E-state index in [0.29, 0.717) is 12.0 Å². The number of benzene rings is 1. The highest BCUT2D eigenvalue weighted by atomic mass is 32.2. The molecule has 0 aliphatic rings. The van der Waals surface area contributed by atoms with Gasteiger partial charge in [-0.2, -0.15) is 0 Å². The first kappa shape index (κ1) is 15.4. The smallest absolute Gasteiger partial charge is 0.336 e. The quantitative estimate of drug-likeness (QED) is 0.780. The number of hydrogen-bond donors (Lipinski definition) is 2. The predicted molar refractivity (Wildman–Crippen MR) is 72.8 cm³/mol. The second-order valence-electron chi connectivity index (χ2n) is 4.12. The second kappa shape index (κ2) is 5.99. The molecule has 19 heavy (non-hydrogen) atoms. The van der Waals surface area contributed by atoms with E-state index in [1.54, 1.807) is 6.92 Å². The van der Waals surface area contributed by atoms with Crippen molar-refractivity contribution in [3.8, 4) is 0 Å². The molecule has 1 atom stereocenters. The third-order valence-electron chi connectivity index (χ3n) is 2.70. The molecule has 2 N–H and O–H groups in total. The number of rotatable bonds is 6. The van der Waals surface area contributed by atoms with E-state index in [0.717, 1.165) is 0 Å². The van der Waals surface area contributed by atoms with Gasteiger partial charge in [-0.1, -0.05) is 19.1 Å². The monoisotopic (exact) mass is 283 g/mol. The van der Waals surface area contributed by atoms with Crippen molar-refractivity contribution in [1.29, 1.82) is 0 Å². The average molecular weight is 283 g/mol. The molecule has 1 aromatic rings. The van der Waals surface area contributed by atoms with Gasteiger partial charge in [0.1, 0.15) is 0 Å². The van der Waals surface area contributed by atoms with Crippen LogP contribution in [0.2, 0.25) is 0 Å². The molecule has 0 bridgehead atoms. The minimum atomic E-state index is -3.74. The Morgan fingerprint density at radius 3 is 2.63 bits per heavy atom. The van der Waals surface area contributed by atoms with Crippen molar-refractivity contribution in [2.45, 2.75) is 31.2 Å². The minimum absolute atomic E-state index is 0.0108. The van der Waals surface area contributed by atoms with Gasteiger partial charge in [0, 0.05) is 6.04 Å². The Bertz CT molecular complexity index is 593. The summed E-state index contributed by atoms with van der Waals surface area (Å²) in [7, 11) is -3.74. The lowest BCUT2D eigenvalue weighted by molar-refractivity contribution is 0.0695. The summed E-state index contributed by atoms with van der Waals surface area (Å²) >= 11 is 0. The van der Waals surface area contributed by atoms with Crippen LogP contribution in [0.4, 0.5) is 0 Å². The Morgan fingerprint density at radius 1 is 1.53 bits per heavy atom. The van der Waals surface area contributed by atoms with Crippen molar-refractivity contribution in [2.75, 3.05) is 0 Å². The van der Waals surface area contributed by atoms with Crippen LogP contribution in [0.3, 0.4) is 0 Å². The maximum Gasteiger partial charge on any atom is 0.336 e. The normalized spacial score (nSPS) is 12.9. The van der Waals surface area contributed by atoms with Crippen molar-refractivity contribution < 1.29 is 18.3 Å². The molecule has 104 valence electrons. The Hall–Kier alpha value is -1.66. The minimum Gasteiger partial charge on any atom is -0.478 e. The molecule has 0 aromatic heterocycles. The molecule has 0 aliphatic carbocycles. The lowest BCUT2D eigenvalue weighted by Crippen LogP contribution is -2.31. The molecule has 0 spiro atoms. The molecule has 5 nitrogen and oxygen atoms in total. The third-order valence-corrected chi connectivity index (χ3v) is 4.25. The maximum atomic E-state index is 12.0. The Kier molecular flexibility index (Phi) is 4.85. The van der Waals surface area contributed by atoms with E-state index in [4.69, 9.17) is 5.11 Å². The molecule has 0 heterocycles. The molecule has 0 saturated carbocycles. The van der Waals surface area contributed by atoms with E-state index >= 15 is 0 Å². The zero-order chi connectivity index (χ0) is 14.6. The first-order valence-corrected chi connectivity index (χ1v) is 7.31. The summed E-state index contributed by atoms with van der Waals surface area (Å²) in [4.78, 5) is 11.0. The SMILES string of the molecule is C=CC(C)NS(=O)(=O)c1ccc(CC)c(C(=O)O)c1. The number of nitrogens with one attached hydrogen (secondary N) is 1. The molecule has 6 heteroatoms. The molecule has 0 fully saturated rings. The van der Waals surface area contributed by atoms with Crippen molar-refractivity contribution in [1.82, 2.24) is 4.72 Å². The second-order valence-corrected chi connectivity index (χ2v) is 5.84. The summed E-state index contributed by atoms with van der Waals surface area (Å²) < 4.78 is 26.4. The van der Waals surface area contributed by atoms with Crippen LogP contribution in [0.25, 0.3) is 0 Å². The van der Waals surface area contributed by atoms with Gasteiger partial charge in [0.05, 0.1) is 10.5 Å². The van der Waals surface area contributed by atoms with Gasteiger partial charge in [0.2, 0.25) is 10.0 Å². The Morgan fingerprint density at radius 2 is 2.16 bits per heavy atom. The van der Waals surface area contributed by atoms with Crippen LogP contribution in [0.15, 0.2) is 35.7 Å². The molecule has 0 aliphatic heterocycles. The molecule has 0 radical (unpaired) electrons. The van der Waals surface area contributed by atoms with Crippen molar-refractivity contribution in [3.05, 3.63) is 42.0 Å². The molecule has 1 rings (SSSR count). The zero-order valence-corrected chi connectivity index (χ0v) is 11.7. The van der Waals surface area contributed by atoms with Crippen LogP contribution in [0, 0.1) is 0 Å². The van der Waals surface area contributed by atoms with Crippen LogP contribution >= 0.6 is 0 Å². The average Bonchev–Trinajstić information content (AvgIpc) is 2.37. The van der Waals surface area contributed by atoms with E-state index in [-0.39, 0.29) is 10.5 Å². The number of carboxylic acids is 1. The van der Waals surface area contributed by atoms with Crippen LogP contribution < -0.4 is 4.72 Å². The number of carboxylic acid groups (broad SMARTS) is 1. The highest BCUT2D eigenvalue weighted by Crippen LogP contribution is 2.17. The fraction of sp³-hybridized carbons (Fsp3) is 0.308. The highest BCUT2D eigenvalue weighted by Gasteiger charge is 2.19. The van der Waals surface area contributed by atoms with Gasteiger partial charge >= 0.3 is 5.97 Å². The number of aryl methyl sites for hydroxylation is 1. The maximum absolute atomic E-state index is 12.0. The van der Waals surface area contributed by atoms with Crippen LogP contribution in [0.1, 0.15) is 29.8 Å².